The van der Waals surface area contributed by atoms with E-state index in [0.29, 0.717) is 24.4 Å². The zero-order valence-corrected chi connectivity index (χ0v) is 12.9. The maximum absolute atomic E-state index is 12.2. The summed E-state index contributed by atoms with van der Waals surface area (Å²) in [5.74, 6) is 0. The number of carbonyl (C=O) groups excluding carboxylic acids is 1. The molecule has 2 rings (SSSR count). The highest BCUT2D eigenvalue weighted by atomic mass is 16.4. The molecule has 1 aromatic heterocycles. The summed E-state index contributed by atoms with van der Waals surface area (Å²) in [6.07, 6.45) is 1.72. The molecule has 0 saturated carbocycles. The van der Waals surface area contributed by atoms with Crippen molar-refractivity contribution < 1.29 is 9.21 Å². The molecule has 0 spiro atoms. The second-order valence-corrected chi connectivity index (χ2v) is 4.94. The number of rotatable bonds is 6. The zero-order valence-electron chi connectivity index (χ0n) is 12.9. The quantitative estimate of drug-likeness (QED) is 0.716. The summed E-state index contributed by atoms with van der Waals surface area (Å²) in [4.78, 5) is 24.0. The number of hydrogen-bond donors (Lipinski definition) is 3. The third kappa shape index (κ3) is 3.58. The summed E-state index contributed by atoms with van der Waals surface area (Å²) in [6, 6.07) is 6.83. The Labute approximate surface area is 128 Å². The first-order chi connectivity index (χ1) is 10.7. The van der Waals surface area contributed by atoms with Gasteiger partial charge >= 0.3 is 11.7 Å². The van der Waals surface area contributed by atoms with Crippen LogP contribution in [0.3, 0.4) is 0 Å². The summed E-state index contributed by atoms with van der Waals surface area (Å²) in [5.41, 5.74) is 0.663. The summed E-state index contributed by atoms with van der Waals surface area (Å²) < 4.78 is 5.28. The molecule has 3 N–H and O–H groups in total. The highest BCUT2D eigenvalue weighted by molar-refractivity contribution is 6.01. The van der Waals surface area contributed by atoms with Gasteiger partial charge in [0.15, 0.2) is 5.69 Å². The number of hydrogen-bond acceptors (Lipinski definition) is 4. The predicted octanol–water partition coefficient (Wildman–Crippen LogP) is 3.15. The van der Waals surface area contributed by atoms with Crippen LogP contribution in [0.1, 0.15) is 26.7 Å². The van der Waals surface area contributed by atoms with Gasteiger partial charge in [0.05, 0.1) is 5.69 Å². The van der Waals surface area contributed by atoms with Gasteiger partial charge in [-0.15, -0.1) is 0 Å². The first kappa shape index (κ1) is 15.9. The van der Waals surface area contributed by atoms with E-state index >= 15 is 0 Å². The van der Waals surface area contributed by atoms with Gasteiger partial charge in [-0.25, -0.2) is 9.59 Å². The molecule has 0 aliphatic carbocycles. The van der Waals surface area contributed by atoms with Crippen molar-refractivity contribution in [2.24, 2.45) is 0 Å². The van der Waals surface area contributed by atoms with Gasteiger partial charge in [-0.1, -0.05) is 26.0 Å². The Kier molecular flexibility index (Phi) is 5.41. The fraction of sp³-hybridized carbons (Fsp3) is 0.375. The molecular weight excluding hydrogens is 282 g/mol. The maximum Gasteiger partial charge on any atom is 0.362 e. The molecule has 1 heterocycles. The lowest BCUT2D eigenvalue weighted by Crippen LogP contribution is -2.31. The van der Waals surface area contributed by atoms with Crippen molar-refractivity contribution in [1.82, 2.24) is 5.32 Å². The topological polar surface area (TPSA) is 83.4 Å². The molecule has 0 atom stereocenters. The molecule has 2 aromatic rings. The molecule has 1 aromatic carbocycles. The van der Waals surface area contributed by atoms with Gasteiger partial charge in [-0.3, -0.25) is 5.32 Å². The number of amides is 2. The van der Waals surface area contributed by atoms with E-state index in [1.54, 1.807) is 12.1 Å². The smallest absolute Gasteiger partial charge is 0.362 e. The average molecular weight is 303 g/mol. The van der Waals surface area contributed by atoms with E-state index in [2.05, 4.69) is 16.0 Å². The number of nitrogens with one attached hydrogen (secondary N) is 3. The largest absolute Gasteiger partial charge is 0.421 e. The minimum absolute atomic E-state index is 0.140. The Hall–Kier alpha value is -2.50. The highest BCUT2D eigenvalue weighted by Gasteiger charge is 2.16. The van der Waals surface area contributed by atoms with Crippen LogP contribution in [0.15, 0.2) is 33.5 Å². The molecule has 0 radical (unpaired) electrons. The average Bonchev–Trinajstić information content (AvgIpc) is 2.52. The van der Waals surface area contributed by atoms with Gasteiger partial charge in [0.1, 0.15) is 5.58 Å². The lowest BCUT2D eigenvalue weighted by atomic mass is 10.2. The molecule has 0 saturated heterocycles. The maximum atomic E-state index is 12.2. The fourth-order valence-electron chi connectivity index (χ4n) is 2.09. The fourth-order valence-corrected chi connectivity index (χ4v) is 2.09. The Morgan fingerprint density at radius 3 is 2.55 bits per heavy atom. The van der Waals surface area contributed by atoms with Crippen molar-refractivity contribution in [3.63, 3.8) is 0 Å². The lowest BCUT2D eigenvalue weighted by Gasteiger charge is -2.14. The van der Waals surface area contributed by atoms with Gasteiger partial charge in [0.25, 0.3) is 0 Å². The molecule has 6 nitrogen and oxygen atoms in total. The summed E-state index contributed by atoms with van der Waals surface area (Å²) in [7, 11) is 0. The van der Waals surface area contributed by atoms with E-state index in [1.807, 2.05) is 26.0 Å². The van der Waals surface area contributed by atoms with E-state index in [9.17, 15) is 9.59 Å². The molecule has 2 amide bonds. The Morgan fingerprint density at radius 2 is 1.82 bits per heavy atom. The van der Waals surface area contributed by atoms with E-state index in [1.165, 1.54) is 0 Å². The second kappa shape index (κ2) is 7.49. The van der Waals surface area contributed by atoms with Crippen LogP contribution in [0.4, 0.5) is 16.2 Å². The van der Waals surface area contributed by atoms with Crippen molar-refractivity contribution in [2.45, 2.75) is 26.7 Å². The molecular formula is C16H21N3O3. The SMILES string of the molecule is CCCNC(=O)Nc1c(NCCC)c2ccccc2oc1=O. The predicted molar refractivity (Wildman–Crippen MR) is 88.6 cm³/mol. The van der Waals surface area contributed by atoms with Crippen LogP contribution in [0.2, 0.25) is 0 Å². The zero-order chi connectivity index (χ0) is 15.9. The van der Waals surface area contributed by atoms with Crippen molar-refractivity contribution >= 4 is 28.4 Å². The third-order valence-electron chi connectivity index (χ3n) is 3.14. The minimum atomic E-state index is -0.566. The van der Waals surface area contributed by atoms with E-state index in [0.717, 1.165) is 18.2 Å². The van der Waals surface area contributed by atoms with Crippen LogP contribution in [0.25, 0.3) is 11.0 Å². The van der Waals surface area contributed by atoms with Crippen LogP contribution < -0.4 is 21.6 Å². The van der Waals surface area contributed by atoms with E-state index in [-0.39, 0.29) is 5.69 Å². The Morgan fingerprint density at radius 1 is 1.09 bits per heavy atom. The van der Waals surface area contributed by atoms with Gasteiger partial charge in [0, 0.05) is 18.5 Å². The van der Waals surface area contributed by atoms with Crippen LogP contribution in [0, 0.1) is 0 Å². The summed E-state index contributed by atoms with van der Waals surface area (Å²) >= 11 is 0. The molecule has 118 valence electrons. The Bertz CT molecular complexity index is 709. The van der Waals surface area contributed by atoms with Crippen molar-refractivity contribution in [2.75, 3.05) is 23.7 Å². The summed E-state index contributed by atoms with van der Waals surface area (Å²) in [5, 5.41) is 9.25. The van der Waals surface area contributed by atoms with E-state index in [4.69, 9.17) is 4.42 Å². The molecule has 6 heteroatoms. The molecule has 0 aliphatic heterocycles. The number of carbonyl (C=O) groups is 1. The van der Waals surface area contributed by atoms with Gasteiger partial charge in [-0.05, 0) is 25.0 Å². The van der Waals surface area contributed by atoms with Crippen molar-refractivity contribution in [1.29, 1.82) is 0 Å². The normalized spacial score (nSPS) is 10.5. The monoisotopic (exact) mass is 303 g/mol. The third-order valence-corrected chi connectivity index (χ3v) is 3.14. The Balaban J connectivity index is 2.44. The number of anilines is 2. The molecule has 0 unspecified atom stereocenters. The molecule has 0 bridgehead atoms. The molecule has 22 heavy (non-hydrogen) atoms. The van der Waals surface area contributed by atoms with Crippen molar-refractivity contribution in [3.8, 4) is 0 Å². The number of fused-ring (bicyclic) bond motifs is 1. The number of urea groups is 1. The number of para-hydroxylation sites is 1. The van der Waals surface area contributed by atoms with Crippen molar-refractivity contribution in [3.05, 3.63) is 34.7 Å². The van der Waals surface area contributed by atoms with E-state index < -0.39 is 11.7 Å². The van der Waals surface area contributed by atoms with Gasteiger partial charge in [0.2, 0.25) is 0 Å². The first-order valence-electron chi connectivity index (χ1n) is 7.52. The van der Waals surface area contributed by atoms with Crippen LogP contribution in [-0.4, -0.2) is 19.1 Å². The highest BCUT2D eigenvalue weighted by Crippen LogP contribution is 2.28. The molecule has 0 fully saturated rings. The molecule has 0 aliphatic rings. The second-order valence-electron chi connectivity index (χ2n) is 4.94. The van der Waals surface area contributed by atoms with Crippen LogP contribution in [0.5, 0.6) is 0 Å². The van der Waals surface area contributed by atoms with Gasteiger partial charge in [-0.2, -0.15) is 0 Å². The summed E-state index contributed by atoms with van der Waals surface area (Å²) in [6.45, 7) is 5.22. The first-order valence-corrected chi connectivity index (χ1v) is 7.52. The minimum Gasteiger partial charge on any atom is -0.421 e. The standard InChI is InChI=1S/C16H21N3O3/c1-3-9-17-13-11-7-5-6-8-12(11)22-15(20)14(13)19-16(21)18-10-4-2/h5-8,17H,3-4,9-10H2,1-2H3,(H2,18,19,21). The lowest BCUT2D eigenvalue weighted by molar-refractivity contribution is 0.252. The van der Waals surface area contributed by atoms with Crippen LogP contribution >= 0.6 is 0 Å². The van der Waals surface area contributed by atoms with Gasteiger partial charge < -0.3 is 15.1 Å². The van der Waals surface area contributed by atoms with Crippen LogP contribution in [-0.2, 0) is 0 Å². The number of benzene rings is 1.